The van der Waals surface area contributed by atoms with Gasteiger partial charge in [0.15, 0.2) is 0 Å². The Morgan fingerprint density at radius 1 is 1.42 bits per heavy atom. The average molecular weight is 360 g/mol. The molecule has 0 unspecified atom stereocenters. The van der Waals surface area contributed by atoms with E-state index in [1.54, 1.807) is 13.0 Å². The number of rotatable bonds is 8. The molecule has 1 heterocycles. The highest BCUT2D eigenvalue weighted by molar-refractivity contribution is 7.46. The number of carbonyl (C=O) groups excluding carboxylic acids is 1. The van der Waals surface area contributed by atoms with Crippen LogP contribution in [0, 0.1) is 30.1 Å². The highest BCUT2D eigenvalue weighted by Crippen LogP contribution is 2.41. The number of ether oxygens (including phenoxy) is 1. The minimum Gasteiger partial charge on any atom is -0.458 e. The maximum atomic E-state index is 11.4. The Hall–Kier alpha value is -1.16. The van der Waals surface area contributed by atoms with Crippen LogP contribution in [0.4, 0.5) is 0 Å². The lowest BCUT2D eigenvalue weighted by Gasteiger charge is -2.32. The van der Waals surface area contributed by atoms with E-state index in [-0.39, 0.29) is 24.4 Å². The van der Waals surface area contributed by atoms with Crippen molar-refractivity contribution in [1.82, 2.24) is 0 Å². The molecule has 0 saturated heterocycles. The minimum absolute atomic E-state index is 0.0487. The van der Waals surface area contributed by atoms with Gasteiger partial charge in [-0.2, -0.15) is 0 Å². The second-order valence-electron chi connectivity index (χ2n) is 6.28. The third-order valence-electron chi connectivity index (χ3n) is 4.30. The second-order valence-corrected chi connectivity index (χ2v) is 7.47. The van der Waals surface area contributed by atoms with Crippen LogP contribution in [-0.2, 0) is 18.6 Å². The first-order valence-electron chi connectivity index (χ1n) is 7.82. The Kier molecular flexibility index (Phi) is 7.65. The first-order chi connectivity index (χ1) is 11.0. The number of terminal acetylenes is 1. The summed E-state index contributed by atoms with van der Waals surface area (Å²) in [5.74, 6) is 1.09. The third kappa shape index (κ3) is 6.39. The summed E-state index contributed by atoms with van der Waals surface area (Å²) < 4.78 is 21.3. The van der Waals surface area contributed by atoms with Gasteiger partial charge in [0.2, 0.25) is 0 Å². The van der Waals surface area contributed by atoms with Crippen molar-refractivity contribution in [3.8, 4) is 12.3 Å². The summed E-state index contributed by atoms with van der Waals surface area (Å²) in [4.78, 5) is 29.5. The molecule has 8 heteroatoms. The molecule has 7 nitrogen and oxygen atoms in total. The number of esters is 1. The Morgan fingerprint density at radius 3 is 2.58 bits per heavy atom. The average Bonchev–Trinajstić information content (AvgIpc) is 2.50. The molecule has 1 aliphatic heterocycles. The maximum absolute atomic E-state index is 11.4. The zero-order valence-electron chi connectivity index (χ0n) is 14.0. The van der Waals surface area contributed by atoms with Crippen molar-refractivity contribution < 1.29 is 33.5 Å². The van der Waals surface area contributed by atoms with E-state index in [1.165, 1.54) is 6.08 Å². The number of phosphoric acid groups is 1. The van der Waals surface area contributed by atoms with Crippen LogP contribution in [0.1, 0.15) is 33.6 Å². The SMILES string of the molecule is C#C[C@H](O)[C@@H](C)[C@H](CC[C@H](C)[C@@H]1OC(=O)C=C[C@@H]1C)OP(=O)(O)O. The molecule has 0 amide bonds. The van der Waals surface area contributed by atoms with E-state index in [9.17, 15) is 14.5 Å². The minimum atomic E-state index is -4.72. The van der Waals surface area contributed by atoms with Gasteiger partial charge in [-0.25, -0.2) is 9.36 Å². The molecule has 1 aliphatic rings. The van der Waals surface area contributed by atoms with Gasteiger partial charge in [-0.05, 0) is 18.8 Å². The number of hydrogen-bond donors (Lipinski definition) is 3. The zero-order chi connectivity index (χ0) is 18.5. The highest BCUT2D eigenvalue weighted by atomic mass is 31.2. The van der Waals surface area contributed by atoms with Gasteiger partial charge in [-0.3, -0.25) is 4.52 Å². The van der Waals surface area contributed by atoms with Gasteiger partial charge in [0.1, 0.15) is 12.2 Å². The third-order valence-corrected chi connectivity index (χ3v) is 4.85. The van der Waals surface area contributed by atoms with Crippen LogP contribution in [0.3, 0.4) is 0 Å². The summed E-state index contributed by atoms with van der Waals surface area (Å²) in [6.45, 7) is 5.39. The van der Waals surface area contributed by atoms with Crippen LogP contribution in [0.2, 0.25) is 0 Å². The molecule has 24 heavy (non-hydrogen) atoms. The lowest BCUT2D eigenvalue weighted by Crippen LogP contribution is -2.35. The maximum Gasteiger partial charge on any atom is 0.469 e. The fourth-order valence-electron chi connectivity index (χ4n) is 2.79. The van der Waals surface area contributed by atoms with Gasteiger partial charge in [0.25, 0.3) is 0 Å². The Balaban J connectivity index is 2.73. The van der Waals surface area contributed by atoms with Crippen LogP contribution in [0.25, 0.3) is 0 Å². The van der Waals surface area contributed by atoms with Gasteiger partial charge in [0, 0.05) is 17.9 Å². The number of carbonyl (C=O) groups is 1. The van der Waals surface area contributed by atoms with E-state index >= 15 is 0 Å². The number of aliphatic hydroxyl groups is 1. The van der Waals surface area contributed by atoms with Crippen molar-refractivity contribution >= 4 is 13.8 Å². The van der Waals surface area contributed by atoms with Gasteiger partial charge >= 0.3 is 13.8 Å². The monoisotopic (exact) mass is 360 g/mol. The van der Waals surface area contributed by atoms with Crippen molar-refractivity contribution in [2.45, 2.75) is 51.9 Å². The Morgan fingerprint density at radius 2 is 2.04 bits per heavy atom. The van der Waals surface area contributed by atoms with E-state index in [0.29, 0.717) is 6.42 Å². The molecule has 0 aromatic carbocycles. The molecule has 0 radical (unpaired) electrons. The molecule has 0 aliphatic carbocycles. The molecule has 0 fully saturated rings. The molecule has 1 rings (SSSR count). The predicted octanol–water partition coefficient (Wildman–Crippen LogP) is 1.63. The number of phosphoric ester groups is 1. The van der Waals surface area contributed by atoms with Crippen LogP contribution in [-0.4, -0.2) is 39.2 Å². The van der Waals surface area contributed by atoms with Gasteiger partial charge in [-0.15, -0.1) is 6.42 Å². The van der Waals surface area contributed by atoms with Crippen molar-refractivity contribution in [2.75, 3.05) is 0 Å². The van der Waals surface area contributed by atoms with Crippen molar-refractivity contribution in [1.29, 1.82) is 0 Å². The smallest absolute Gasteiger partial charge is 0.458 e. The topological polar surface area (TPSA) is 113 Å². The summed E-state index contributed by atoms with van der Waals surface area (Å²) in [5, 5.41) is 9.74. The van der Waals surface area contributed by atoms with Gasteiger partial charge in [0.05, 0.1) is 6.10 Å². The van der Waals surface area contributed by atoms with E-state index in [4.69, 9.17) is 25.5 Å². The summed E-state index contributed by atoms with van der Waals surface area (Å²) in [6.07, 6.45) is 6.68. The summed E-state index contributed by atoms with van der Waals surface area (Å²) in [6, 6.07) is 0. The molecular formula is C16H25O7P. The van der Waals surface area contributed by atoms with Gasteiger partial charge < -0.3 is 19.6 Å². The molecule has 0 bridgehead atoms. The molecule has 6 atom stereocenters. The molecule has 136 valence electrons. The second kappa shape index (κ2) is 8.80. The van der Waals surface area contributed by atoms with E-state index in [1.807, 2.05) is 13.8 Å². The summed E-state index contributed by atoms with van der Waals surface area (Å²) in [7, 11) is -4.72. The lowest BCUT2D eigenvalue weighted by molar-refractivity contribution is -0.149. The molecule has 0 saturated carbocycles. The molecule has 0 aromatic heterocycles. The normalized spacial score (nSPS) is 26.1. The fraction of sp³-hybridized carbons (Fsp3) is 0.688. The Bertz CT molecular complexity index is 547. The molecular weight excluding hydrogens is 335 g/mol. The van der Waals surface area contributed by atoms with E-state index in [2.05, 4.69) is 5.92 Å². The highest BCUT2D eigenvalue weighted by Gasteiger charge is 2.33. The van der Waals surface area contributed by atoms with E-state index in [0.717, 1.165) is 0 Å². The number of aliphatic hydroxyl groups excluding tert-OH is 1. The van der Waals surface area contributed by atoms with E-state index < -0.39 is 31.9 Å². The van der Waals surface area contributed by atoms with Gasteiger partial charge in [-0.1, -0.05) is 32.8 Å². The van der Waals surface area contributed by atoms with Crippen LogP contribution >= 0.6 is 7.82 Å². The standard InChI is InChI=1S/C16H25O7P/c1-5-13(17)12(4)14(23-24(19,20)21)8-6-10(2)16-11(3)7-9-15(18)22-16/h1,7,9-14,16-17H,6,8H2,2-4H3,(H2,19,20,21)/t10-,11-,12+,13-,14-,16-/m0/s1. The summed E-state index contributed by atoms with van der Waals surface area (Å²) in [5.41, 5.74) is 0. The van der Waals surface area contributed by atoms with Crippen LogP contribution < -0.4 is 0 Å². The Labute approximate surface area is 142 Å². The first-order valence-corrected chi connectivity index (χ1v) is 9.35. The largest absolute Gasteiger partial charge is 0.469 e. The van der Waals surface area contributed by atoms with Crippen molar-refractivity contribution in [3.63, 3.8) is 0 Å². The van der Waals surface area contributed by atoms with Crippen LogP contribution in [0.5, 0.6) is 0 Å². The molecule has 3 N–H and O–H groups in total. The van der Waals surface area contributed by atoms with Crippen LogP contribution in [0.15, 0.2) is 12.2 Å². The quantitative estimate of drug-likeness (QED) is 0.342. The number of cyclic esters (lactones) is 1. The lowest BCUT2D eigenvalue weighted by atomic mass is 9.85. The predicted molar refractivity (Wildman–Crippen MR) is 87.5 cm³/mol. The fourth-order valence-corrected chi connectivity index (χ4v) is 3.44. The first kappa shape index (κ1) is 20.9. The van der Waals surface area contributed by atoms with Crippen molar-refractivity contribution in [2.24, 2.45) is 17.8 Å². The van der Waals surface area contributed by atoms with Crippen molar-refractivity contribution in [3.05, 3.63) is 12.2 Å². The number of hydrogen-bond acceptors (Lipinski definition) is 5. The zero-order valence-corrected chi connectivity index (χ0v) is 14.9. The summed E-state index contributed by atoms with van der Waals surface area (Å²) >= 11 is 0. The molecule has 0 spiro atoms. The molecule has 0 aromatic rings.